The second kappa shape index (κ2) is 7.02. The van der Waals surface area contributed by atoms with Gasteiger partial charge in [-0.3, -0.25) is 9.59 Å². The normalized spacial score (nSPS) is 13.5. The van der Waals surface area contributed by atoms with Crippen molar-refractivity contribution in [2.75, 3.05) is 6.54 Å². The van der Waals surface area contributed by atoms with Gasteiger partial charge in [-0.05, 0) is 31.4 Å². The number of hydrogen-bond donors (Lipinski definition) is 2. The van der Waals surface area contributed by atoms with Gasteiger partial charge in [0.1, 0.15) is 0 Å². The number of carboxylic acid groups (broad SMARTS) is 1. The minimum Gasteiger partial charge on any atom is -0.481 e. The molecule has 0 fully saturated rings. The standard InChI is InChI=1S/C16H20F3NO3/c1-10(7-13(21)22)9-20-14(23)15(2,3)11-5-4-6-12(8-11)16(17,18)19/h4-6,8,10H,7,9H2,1-3H3,(H,20,23)(H,21,22). The number of benzene rings is 1. The smallest absolute Gasteiger partial charge is 0.416 e. The van der Waals surface area contributed by atoms with Gasteiger partial charge in [0.2, 0.25) is 5.91 Å². The number of alkyl halides is 3. The fourth-order valence-electron chi connectivity index (χ4n) is 2.07. The van der Waals surface area contributed by atoms with E-state index < -0.39 is 29.0 Å². The number of halogens is 3. The van der Waals surface area contributed by atoms with Gasteiger partial charge in [0.15, 0.2) is 0 Å². The highest BCUT2D eigenvalue weighted by Crippen LogP contribution is 2.32. The molecule has 0 aliphatic carbocycles. The zero-order valence-corrected chi connectivity index (χ0v) is 13.2. The van der Waals surface area contributed by atoms with Crippen LogP contribution in [0.1, 0.15) is 38.3 Å². The molecule has 0 aliphatic heterocycles. The van der Waals surface area contributed by atoms with Gasteiger partial charge in [0.25, 0.3) is 0 Å². The van der Waals surface area contributed by atoms with Gasteiger partial charge in [-0.25, -0.2) is 0 Å². The summed E-state index contributed by atoms with van der Waals surface area (Å²) in [6, 6.07) is 4.64. The van der Waals surface area contributed by atoms with Crippen molar-refractivity contribution in [1.29, 1.82) is 0 Å². The highest BCUT2D eigenvalue weighted by molar-refractivity contribution is 5.87. The van der Waals surface area contributed by atoms with E-state index in [1.165, 1.54) is 26.0 Å². The first-order valence-corrected chi connectivity index (χ1v) is 7.12. The predicted molar refractivity (Wildman–Crippen MR) is 78.9 cm³/mol. The number of carboxylic acids is 1. The number of carbonyl (C=O) groups excluding carboxylic acids is 1. The molecule has 0 aliphatic rings. The Balaban J connectivity index is 2.85. The summed E-state index contributed by atoms with van der Waals surface area (Å²) in [5.74, 6) is -1.69. The fraction of sp³-hybridized carbons (Fsp3) is 0.500. The minimum atomic E-state index is -4.47. The molecule has 1 unspecified atom stereocenters. The molecule has 1 aromatic carbocycles. The number of rotatable bonds is 6. The molecule has 0 radical (unpaired) electrons. The number of amides is 1. The van der Waals surface area contributed by atoms with Crippen LogP contribution in [0.3, 0.4) is 0 Å². The lowest BCUT2D eigenvalue weighted by Gasteiger charge is -2.26. The second-order valence-corrected chi connectivity index (χ2v) is 6.12. The van der Waals surface area contributed by atoms with Crippen LogP contribution in [0.5, 0.6) is 0 Å². The van der Waals surface area contributed by atoms with Crippen LogP contribution < -0.4 is 5.32 Å². The molecule has 0 saturated heterocycles. The first-order chi connectivity index (χ1) is 10.4. The van der Waals surface area contributed by atoms with Gasteiger partial charge in [-0.2, -0.15) is 13.2 Å². The molecule has 0 heterocycles. The van der Waals surface area contributed by atoms with Crippen molar-refractivity contribution in [2.24, 2.45) is 5.92 Å². The third-order valence-electron chi connectivity index (χ3n) is 3.61. The van der Waals surface area contributed by atoms with E-state index in [1.807, 2.05) is 0 Å². The molecule has 1 rings (SSSR count). The third kappa shape index (κ3) is 5.26. The summed E-state index contributed by atoms with van der Waals surface area (Å²) in [7, 11) is 0. The monoisotopic (exact) mass is 331 g/mol. The van der Waals surface area contributed by atoms with E-state index in [0.717, 1.165) is 12.1 Å². The van der Waals surface area contributed by atoms with Gasteiger partial charge >= 0.3 is 12.1 Å². The molecule has 23 heavy (non-hydrogen) atoms. The Morgan fingerprint density at radius 2 is 1.78 bits per heavy atom. The molecule has 1 atom stereocenters. The summed E-state index contributed by atoms with van der Waals surface area (Å²) in [5.41, 5.74) is -1.73. The lowest BCUT2D eigenvalue weighted by Crippen LogP contribution is -2.42. The van der Waals surface area contributed by atoms with E-state index >= 15 is 0 Å². The first kappa shape index (κ1) is 19.0. The summed E-state index contributed by atoms with van der Waals surface area (Å²) in [6.07, 6.45) is -4.57. The predicted octanol–water partition coefficient (Wildman–Crippen LogP) is 3.21. The largest absolute Gasteiger partial charge is 0.481 e. The molecular formula is C16H20F3NO3. The Kier molecular flexibility index (Phi) is 5.80. The Morgan fingerprint density at radius 1 is 1.22 bits per heavy atom. The summed E-state index contributed by atoms with van der Waals surface area (Å²) in [5, 5.41) is 11.3. The van der Waals surface area contributed by atoms with E-state index in [1.54, 1.807) is 6.92 Å². The molecule has 1 amide bonds. The maximum atomic E-state index is 12.8. The van der Waals surface area contributed by atoms with Crippen molar-refractivity contribution < 1.29 is 27.9 Å². The quantitative estimate of drug-likeness (QED) is 0.841. The van der Waals surface area contributed by atoms with Crippen LogP contribution in [0, 0.1) is 5.92 Å². The molecule has 2 N–H and O–H groups in total. The van der Waals surface area contributed by atoms with E-state index in [4.69, 9.17) is 5.11 Å². The summed E-state index contributed by atoms with van der Waals surface area (Å²) in [4.78, 5) is 22.9. The third-order valence-corrected chi connectivity index (χ3v) is 3.61. The topological polar surface area (TPSA) is 66.4 Å². The maximum absolute atomic E-state index is 12.8. The van der Waals surface area contributed by atoms with Gasteiger partial charge < -0.3 is 10.4 Å². The zero-order valence-electron chi connectivity index (χ0n) is 13.2. The summed E-state index contributed by atoms with van der Waals surface area (Å²) in [6.45, 7) is 4.87. The first-order valence-electron chi connectivity index (χ1n) is 7.12. The molecule has 0 spiro atoms. The van der Waals surface area contributed by atoms with Crippen LogP contribution in [0.15, 0.2) is 24.3 Å². The molecular weight excluding hydrogens is 311 g/mol. The van der Waals surface area contributed by atoms with Crippen molar-refractivity contribution in [3.05, 3.63) is 35.4 Å². The lowest BCUT2D eigenvalue weighted by atomic mass is 9.82. The maximum Gasteiger partial charge on any atom is 0.416 e. The fourth-order valence-corrected chi connectivity index (χ4v) is 2.07. The minimum absolute atomic E-state index is 0.0930. The number of nitrogens with one attached hydrogen (secondary N) is 1. The molecule has 0 bridgehead atoms. The summed E-state index contributed by atoms with van der Waals surface area (Å²) >= 11 is 0. The molecule has 4 nitrogen and oxygen atoms in total. The average molecular weight is 331 g/mol. The van der Waals surface area contributed by atoms with Crippen molar-refractivity contribution in [3.63, 3.8) is 0 Å². The van der Waals surface area contributed by atoms with Crippen molar-refractivity contribution in [1.82, 2.24) is 5.32 Å². The van der Waals surface area contributed by atoms with Crippen LogP contribution >= 0.6 is 0 Å². The van der Waals surface area contributed by atoms with Crippen molar-refractivity contribution in [2.45, 2.75) is 38.8 Å². The van der Waals surface area contributed by atoms with Crippen LogP contribution in [0.4, 0.5) is 13.2 Å². The van der Waals surface area contributed by atoms with Crippen LogP contribution in [-0.2, 0) is 21.2 Å². The molecule has 0 aromatic heterocycles. The van der Waals surface area contributed by atoms with Gasteiger partial charge in [0.05, 0.1) is 11.0 Å². The molecule has 7 heteroatoms. The van der Waals surface area contributed by atoms with Gasteiger partial charge in [-0.15, -0.1) is 0 Å². The average Bonchev–Trinajstić information content (AvgIpc) is 2.43. The van der Waals surface area contributed by atoms with Crippen LogP contribution in [0.2, 0.25) is 0 Å². The van der Waals surface area contributed by atoms with E-state index in [9.17, 15) is 22.8 Å². The molecule has 0 saturated carbocycles. The summed E-state index contributed by atoms with van der Waals surface area (Å²) < 4.78 is 38.3. The Labute approximate surface area is 132 Å². The van der Waals surface area contributed by atoms with Crippen LogP contribution in [-0.4, -0.2) is 23.5 Å². The Hall–Kier alpha value is -2.05. The second-order valence-electron chi connectivity index (χ2n) is 6.12. The highest BCUT2D eigenvalue weighted by Gasteiger charge is 2.34. The molecule has 128 valence electrons. The number of aliphatic carboxylic acids is 1. The van der Waals surface area contributed by atoms with E-state index in [0.29, 0.717) is 0 Å². The Bertz CT molecular complexity index is 582. The van der Waals surface area contributed by atoms with Crippen molar-refractivity contribution in [3.8, 4) is 0 Å². The highest BCUT2D eigenvalue weighted by atomic mass is 19.4. The molecule has 1 aromatic rings. The van der Waals surface area contributed by atoms with E-state index in [2.05, 4.69) is 5.32 Å². The Morgan fingerprint density at radius 3 is 2.30 bits per heavy atom. The number of hydrogen-bond acceptors (Lipinski definition) is 2. The zero-order chi connectivity index (χ0) is 17.8. The van der Waals surface area contributed by atoms with Gasteiger partial charge in [-0.1, -0.05) is 25.1 Å². The van der Waals surface area contributed by atoms with E-state index in [-0.39, 0.29) is 24.4 Å². The van der Waals surface area contributed by atoms with Gasteiger partial charge in [0, 0.05) is 13.0 Å². The van der Waals surface area contributed by atoms with Crippen LogP contribution in [0.25, 0.3) is 0 Å². The SMILES string of the molecule is CC(CNC(=O)C(C)(C)c1cccc(C(F)(F)F)c1)CC(=O)O. The van der Waals surface area contributed by atoms with Crippen molar-refractivity contribution >= 4 is 11.9 Å². The number of carbonyl (C=O) groups is 2. The lowest BCUT2D eigenvalue weighted by molar-refractivity contribution is -0.138.